The fraction of sp³-hybridized carbons (Fsp3) is 0.100. The molecule has 0 aliphatic carbocycles. The minimum absolute atomic E-state index is 0.272. The van der Waals surface area contributed by atoms with Gasteiger partial charge in [0.05, 0.1) is 34.5 Å². The van der Waals surface area contributed by atoms with Crippen LogP contribution in [0.15, 0.2) is 64.4 Å². The predicted octanol–water partition coefficient (Wildman–Crippen LogP) is 5.27. The first-order chi connectivity index (χ1) is 13.0. The third kappa shape index (κ3) is 2.84. The maximum Gasteiger partial charge on any atom is 0.241 e. The Balaban J connectivity index is 1.99. The largest absolute Gasteiger partial charge is 0.384 e. The molecule has 4 rings (SSSR count). The van der Waals surface area contributed by atoms with Crippen molar-refractivity contribution in [3.8, 4) is 6.07 Å². The van der Waals surface area contributed by atoms with Gasteiger partial charge in [0.2, 0.25) is 5.88 Å². The van der Waals surface area contributed by atoms with Crippen LogP contribution in [0.3, 0.4) is 0 Å². The first kappa shape index (κ1) is 17.5. The number of nitrogens with zero attached hydrogens (tertiary/aromatic N) is 3. The Hall–Kier alpha value is -2.94. The van der Waals surface area contributed by atoms with Gasteiger partial charge in [-0.1, -0.05) is 46.6 Å². The Labute approximate surface area is 166 Å². The lowest BCUT2D eigenvalue weighted by molar-refractivity contribution is 0.420. The van der Waals surface area contributed by atoms with E-state index in [2.05, 4.69) is 11.2 Å². The topological polar surface area (TPSA) is 79.1 Å². The Bertz CT molecular complexity index is 1110. The van der Waals surface area contributed by atoms with Gasteiger partial charge in [-0.15, -0.1) is 0 Å². The van der Waals surface area contributed by atoms with Crippen molar-refractivity contribution in [2.45, 2.75) is 12.8 Å². The summed E-state index contributed by atoms with van der Waals surface area (Å²) < 4.78 is 5.62. The van der Waals surface area contributed by atoms with Crippen LogP contribution in [-0.2, 0) is 0 Å². The van der Waals surface area contributed by atoms with Crippen molar-refractivity contribution in [1.29, 1.82) is 5.26 Å². The van der Waals surface area contributed by atoms with Crippen molar-refractivity contribution in [2.24, 2.45) is 5.73 Å². The summed E-state index contributed by atoms with van der Waals surface area (Å²) in [6.07, 6.45) is 0. The summed E-state index contributed by atoms with van der Waals surface area (Å²) in [5.74, 6) is 0.329. The zero-order valence-corrected chi connectivity index (χ0v) is 15.8. The lowest BCUT2D eigenvalue weighted by Crippen LogP contribution is -2.31. The molecule has 1 aliphatic heterocycles. The highest BCUT2D eigenvalue weighted by molar-refractivity contribution is 6.31. The summed E-state index contributed by atoms with van der Waals surface area (Å²) in [5, 5.41) is 15.2. The van der Waals surface area contributed by atoms with E-state index in [1.165, 1.54) is 0 Å². The highest BCUT2D eigenvalue weighted by Gasteiger charge is 2.38. The van der Waals surface area contributed by atoms with E-state index < -0.39 is 5.92 Å². The molecule has 7 heteroatoms. The molecule has 0 amide bonds. The molecule has 5 nitrogen and oxygen atoms in total. The van der Waals surface area contributed by atoms with Crippen LogP contribution in [0.2, 0.25) is 10.0 Å². The molecule has 0 saturated heterocycles. The van der Waals surface area contributed by atoms with E-state index in [0.29, 0.717) is 32.9 Å². The number of nitrogens with two attached hydrogens (primary N) is 1. The van der Waals surface area contributed by atoms with E-state index in [9.17, 15) is 5.26 Å². The molecule has 0 fully saturated rings. The minimum Gasteiger partial charge on any atom is -0.384 e. The van der Waals surface area contributed by atoms with E-state index in [0.717, 1.165) is 11.1 Å². The standard InChI is InChI=1S/C20H14Cl2N4O/c1-11-17-18(12-4-2-5-13(21)8-12)16(10-23)19(24)26(20(17)27-25-11)15-7-3-6-14(22)9-15/h2-9,18H,24H2,1H3/t18-/m0/s1. The first-order valence-electron chi connectivity index (χ1n) is 8.18. The van der Waals surface area contributed by atoms with Crippen molar-refractivity contribution in [3.63, 3.8) is 0 Å². The van der Waals surface area contributed by atoms with Crippen LogP contribution in [0, 0.1) is 18.3 Å². The summed E-state index contributed by atoms with van der Waals surface area (Å²) in [6, 6.07) is 16.8. The van der Waals surface area contributed by atoms with Gasteiger partial charge in [-0.25, -0.2) is 0 Å². The average Bonchev–Trinajstić information content (AvgIpc) is 3.01. The number of rotatable bonds is 2. The number of aryl methyl sites for hydroxylation is 1. The Kier molecular flexibility index (Phi) is 4.31. The molecule has 2 N–H and O–H groups in total. The summed E-state index contributed by atoms with van der Waals surface area (Å²) in [6.45, 7) is 1.84. The molecule has 0 radical (unpaired) electrons. The molecule has 3 aromatic rings. The van der Waals surface area contributed by atoms with Gasteiger partial charge in [-0.05, 0) is 42.8 Å². The maximum atomic E-state index is 9.91. The number of hydrogen-bond donors (Lipinski definition) is 1. The first-order valence-corrected chi connectivity index (χ1v) is 8.94. The van der Waals surface area contributed by atoms with Crippen LogP contribution in [0.5, 0.6) is 0 Å². The number of nitriles is 1. The number of halogens is 2. The molecule has 27 heavy (non-hydrogen) atoms. The normalized spacial score (nSPS) is 16.2. The molecule has 0 spiro atoms. The molecule has 1 aromatic heterocycles. The lowest BCUT2D eigenvalue weighted by atomic mass is 9.82. The molecule has 2 aromatic carbocycles. The third-order valence-corrected chi connectivity index (χ3v) is 5.03. The van der Waals surface area contributed by atoms with Crippen molar-refractivity contribution in [3.05, 3.63) is 86.8 Å². The van der Waals surface area contributed by atoms with E-state index in [4.69, 9.17) is 33.5 Å². The second-order valence-corrected chi connectivity index (χ2v) is 7.07. The van der Waals surface area contributed by atoms with Crippen LogP contribution in [0.25, 0.3) is 0 Å². The van der Waals surface area contributed by atoms with Crippen LogP contribution in [-0.4, -0.2) is 5.16 Å². The molecular weight excluding hydrogens is 383 g/mol. The average molecular weight is 397 g/mol. The van der Waals surface area contributed by atoms with Crippen LogP contribution in [0.1, 0.15) is 22.7 Å². The quantitative estimate of drug-likeness (QED) is 0.638. The molecule has 1 atom stereocenters. The minimum atomic E-state index is -0.412. The van der Waals surface area contributed by atoms with Crippen molar-refractivity contribution < 1.29 is 4.52 Å². The fourth-order valence-electron chi connectivity index (χ4n) is 3.39. The number of anilines is 2. The SMILES string of the molecule is Cc1noc2c1[C@@H](c1cccc(Cl)c1)C(C#N)=C(N)N2c1cccc(Cl)c1. The second-order valence-electron chi connectivity index (χ2n) is 6.20. The third-order valence-electron chi connectivity index (χ3n) is 4.56. The predicted molar refractivity (Wildman–Crippen MR) is 105 cm³/mol. The zero-order valence-electron chi connectivity index (χ0n) is 14.3. The van der Waals surface area contributed by atoms with Gasteiger partial charge in [-0.3, -0.25) is 4.90 Å². The van der Waals surface area contributed by atoms with Gasteiger partial charge in [0.15, 0.2) is 0 Å². The molecule has 0 unspecified atom stereocenters. The molecule has 0 saturated carbocycles. The van der Waals surface area contributed by atoms with Crippen molar-refractivity contribution in [1.82, 2.24) is 5.16 Å². The van der Waals surface area contributed by atoms with Crippen LogP contribution in [0.4, 0.5) is 11.6 Å². The van der Waals surface area contributed by atoms with Gasteiger partial charge in [0.25, 0.3) is 0 Å². The number of aromatic nitrogens is 1. The zero-order chi connectivity index (χ0) is 19.1. The summed E-state index contributed by atoms with van der Waals surface area (Å²) in [7, 11) is 0. The highest BCUT2D eigenvalue weighted by atomic mass is 35.5. The van der Waals surface area contributed by atoms with Gasteiger partial charge in [-0.2, -0.15) is 5.26 Å². The van der Waals surface area contributed by atoms with Crippen molar-refractivity contribution >= 4 is 34.8 Å². The van der Waals surface area contributed by atoms with Gasteiger partial charge >= 0.3 is 0 Å². The summed E-state index contributed by atoms with van der Waals surface area (Å²) in [5.41, 5.74) is 9.82. The lowest BCUT2D eigenvalue weighted by Gasteiger charge is -2.32. The fourth-order valence-corrected chi connectivity index (χ4v) is 3.78. The summed E-state index contributed by atoms with van der Waals surface area (Å²) >= 11 is 12.3. The smallest absolute Gasteiger partial charge is 0.241 e. The van der Waals surface area contributed by atoms with E-state index >= 15 is 0 Å². The Morgan fingerprint density at radius 2 is 1.85 bits per heavy atom. The number of benzene rings is 2. The molecule has 134 valence electrons. The van der Waals surface area contributed by atoms with E-state index in [-0.39, 0.29) is 5.82 Å². The second kappa shape index (κ2) is 6.66. The molecule has 0 bridgehead atoms. The van der Waals surface area contributed by atoms with Gasteiger partial charge in [0, 0.05) is 10.0 Å². The number of allylic oxidation sites excluding steroid dienone is 1. The number of fused-ring (bicyclic) bond motifs is 1. The highest BCUT2D eigenvalue weighted by Crippen LogP contribution is 2.48. The molecule has 1 aliphatic rings. The van der Waals surface area contributed by atoms with E-state index in [1.807, 2.05) is 37.3 Å². The van der Waals surface area contributed by atoms with Crippen LogP contribution >= 0.6 is 23.2 Å². The monoisotopic (exact) mass is 396 g/mol. The van der Waals surface area contributed by atoms with E-state index in [1.54, 1.807) is 23.1 Å². The summed E-state index contributed by atoms with van der Waals surface area (Å²) in [4.78, 5) is 1.67. The Morgan fingerprint density at radius 3 is 2.52 bits per heavy atom. The Morgan fingerprint density at radius 1 is 1.15 bits per heavy atom. The van der Waals surface area contributed by atoms with Crippen LogP contribution < -0.4 is 10.6 Å². The van der Waals surface area contributed by atoms with Gasteiger partial charge < -0.3 is 10.3 Å². The number of hydrogen-bond acceptors (Lipinski definition) is 5. The maximum absolute atomic E-state index is 9.91. The van der Waals surface area contributed by atoms with Gasteiger partial charge in [0.1, 0.15) is 5.82 Å². The molecule has 2 heterocycles. The molecular formula is C20H14Cl2N4O. The van der Waals surface area contributed by atoms with Crippen molar-refractivity contribution in [2.75, 3.05) is 4.90 Å².